The Balaban J connectivity index is 2.64. The van der Waals surface area contributed by atoms with Crippen molar-refractivity contribution in [1.29, 1.82) is 0 Å². The van der Waals surface area contributed by atoms with Crippen LogP contribution in [0.4, 0.5) is 16.2 Å². The van der Waals surface area contributed by atoms with E-state index in [-0.39, 0.29) is 17.8 Å². The molecule has 0 heterocycles. The summed E-state index contributed by atoms with van der Waals surface area (Å²) in [6, 6.07) is 6.21. The number of urea groups is 1. The molecule has 0 fully saturated rings. The first-order valence-electron chi connectivity index (χ1n) is 6.00. The zero-order chi connectivity index (χ0) is 14.5. The number of benzene rings is 1. The topological polar surface area (TPSA) is 87.3 Å². The second-order valence-corrected chi connectivity index (χ2v) is 6.35. The molecular weight excluding hydrogens is 266 g/mol. The molecule has 0 aliphatic rings. The fourth-order valence-corrected chi connectivity index (χ4v) is 1.94. The Morgan fingerprint density at radius 2 is 1.68 bits per heavy atom. The summed E-state index contributed by atoms with van der Waals surface area (Å²) in [6.45, 7) is 5.29. The highest BCUT2D eigenvalue weighted by atomic mass is 32.2. The summed E-state index contributed by atoms with van der Waals surface area (Å²) >= 11 is 0. The molecule has 0 aromatic heterocycles. The average Bonchev–Trinajstić information content (AvgIpc) is 2.30. The smallest absolute Gasteiger partial charge is 0.319 e. The molecule has 0 saturated heterocycles. The number of carbonyl (C=O) groups excluding carboxylic acids is 1. The van der Waals surface area contributed by atoms with Gasteiger partial charge in [-0.1, -0.05) is 0 Å². The molecule has 1 aromatic carbocycles. The van der Waals surface area contributed by atoms with Crippen LogP contribution >= 0.6 is 0 Å². The van der Waals surface area contributed by atoms with Crippen LogP contribution in [-0.4, -0.2) is 26.2 Å². The Hall–Kier alpha value is -1.76. The first kappa shape index (κ1) is 15.3. The Kier molecular flexibility index (Phi) is 5.17. The van der Waals surface area contributed by atoms with E-state index in [2.05, 4.69) is 15.4 Å². The van der Waals surface area contributed by atoms with Crippen molar-refractivity contribution >= 4 is 27.4 Å². The number of carbonyl (C=O) groups is 1. The quantitative estimate of drug-likeness (QED) is 0.773. The van der Waals surface area contributed by atoms with Crippen LogP contribution in [0.5, 0.6) is 0 Å². The van der Waals surface area contributed by atoms with Crippen LogP contribution in [0, 0.1) is 0 Å². The van der Waals surface area contributed by atoms with Gasteiger partial charge < -0.3 is 10.6 Å². The molecule has 106 valence electrons. The zero-order valence-corrected chi connectivity index (χ0v) is 12.0. The molecule has 0 radical (unpaired) electrons. The van der Waals surface area contributed by atoms with Gasteiger partial charge >= 0.3 is 6.03 Å². The number of anilines is 2. The first-order chi connectivity index (χ1) is 8.82. The molecule has 19 heavy (non-hydrogen) atoms. The molecule has 0 aliphatic heterocycles. The van der Waals surface area contributed by atoms with Crippen LogP contribution in [0.2, 0.25) is 0 Å². The van der Waals surface area contributed by atoms with Gasteiger partial charge in [0.05, 0.1) is 5.75 Å². The third-order valence-electron chi connectivity index (χ3n) is 2.22. The van der Waals surface area contributed by atoms with Gasteiger partial charge in [0.1, 0.15) is 0 Å². The van der Waals surface area contributed by atoms with E-state index in [0.29, 0.717) is 11.4 Å². The molecule has 1 rings (SSSR count). The molecule has 0 atom stereocenters. The lowest BCUT2D eigenvalue weighted by atomic mass is 10.3. The Morgan fingerprint density at radius 3 is 2.16 bits per heavy atom. The number of hydrogen-bond donors (Lipinski definition) is 3. The summed E-state index contributed by atoms with van der Waals surface area (Å²) in [5.41, 5.74) is 1.06. The van der Waals surface area contributed by atoms with Crippen molar-refractivity contribution in [3.05, 3.63) is 24.3 Å². The van der Waals surface area contributed by atoms with E-state index in [9.17, 15) is 13.2 Å². The average molecular weight is 285 g/mol. The van der Waals surface area contributed by atoms with Crippen LogP contribution in [0.3, 0.4) is 0 Å². The molecule has 0 unspecified atom stereocenters. The molecule has 3 N–H and O–H groups in total. The third kappa shape index (κ3) is 5.60. The number of nitrogens with one attached hydrogen (secondary N) is 3. The summed E-state index contributed by atoms with van der Waals surface area (Å²) in [5, 5.41) is 5.34. The molecule has 0 spiro atoms. The van der Waals surface area contributed by atoms with E-state index in [1.807, 2.05) is 13.8 Å². The van der Waals surface area contributed by atoms with Crippen LogP contribution in [0.1, 0.15) is 20.8 Å². The maximum Gasteiger partial charge on any atom is 0.319 e. The van der Waals surface area contributed by atoms with Crippen LogP contribution in [0.25, 0.3) is 0 Å². The lowest BCUT2D eigenvalue weighted by Crippen LogP contribution is -2.34. The predicted octanol–water partition coefficient (Wildman–Crippen LogP) is 1.98. The van der Waals surface area contributed by atoms with E-state index in [1.165, 1.54) is 0 Å². The van der Waals surface area contributed by atoms with E-state index in [0.717, 1.165) is 0 Å². The molecular formula is C12H19N3O3S. The number of rotatable bonds is 5. The number of sulfonamides is 1. The van der Waals surface area contributed by atoms with Gasteiger partial charge in [-0.2, -0.15) is 0 Å². The minimum Gasteiger partial charge on any atom is -0.336 e. The normalized spacial score (nSPS) is 11.2. The minimum atomic E-state index is -3.27. The summed E-state index contributed by atoms with van der Waals surface area (Å²) in [4.78, 5) is 11.4. The lowest BCUT2D eigenvalue weighted by molar-refractivity contribution is 0.250. The van der Waals surface area contributed by atoms with Crippen molar-refractivity contribution in [2.75, 3.05) is 15.8 Å². The van der Waals surface area contributed by atoms with Gasteiger partial charge in [-0.25, -0.2) is 13.2 Å². The SMILES string of the molecule is CCS(=O)(=O)Nc1ccc(NC(=O)NC(C)C)cc1. The molecule has 0 bridgehead atoms. The summed E-state index contributed by atoms with van der Waals surface area (Å²) < 4.78 is 25.1. The lowest BCUT2D eigenvalue weighted by Gasteiger charge is -2.11. The maximum absolute atomic E-state index is 11.4. The fraction of sp³-hybridized carbons (Fsp3) is 0.417. The van der Waals surface area contributed by atoms with E-state index >= 15 is 0 Å². The van der Waals surface area contributed by atoms with Crippen molar-refractivity contribution in [2.45, 2.75) is 26.8 Å². The fourth-order valence-electron chi connectivity index (χ4n) is 1.30. The molecule has 1 aromatic rings. The van der Waals surface area contributed by atoms with Crippen LogP contribution < -0.4 is 15.4 Å². The molecule has 7 heteroatoms. The van der Waals surface area contributed by atoms with Crippen LogP contribution in [0.15, 0.2) is 24.3 Å². The second-order valence-electron chi connectivity index (χ2n) is 4.34. The maximum atomic E-state index is 11.4. The summed E-state index contributed by atoms with van der Waals surface area (Å²) in [7, 11) is -3.27. The number of hydrogen-bond acceptors (Lipinski definition) is 3. The first-order valence-corrected chi connectivity index (χ1v) is 7.65. The van der Waals surface area contributed by atoms with Gasteiger partial charge in [0.2, 0.25) is 10.0 Å². The van der Waals surface area contributed by atoms with Gasteiger partial charge in [0, 0.05) is 17.4 Å². The van der Waals surface area contributed by atoms with E-state index in [1.54, 1.807) is 31.2 Å². The largest absolute Gasteiger partial charge is 0.336 e. The van der Waals surface area contributed by atoms with Crippen molar-refractivity contribution in [3.8, 4) is 0 Å². The Bertz CT molecular complexity index is 524. The van der Waals surface area contributed by atoms with Crippen molar-refractivity contribution < 1.29 is 13.2 Å². The highest BCUT2D eigenvalue weighted by Gasteiger charge is 2.07. The monoisotopic (exact) mass is 285 g/mol. The minimum absolute atomic E-state index is 0.0177. The van der Waals surface area contributed by atoms with Gasteiger partial charge in [-0.05, 0) is 45.0 Å². The van der Waals surface area contributed by atoms with Crippen LogP contribution in [-0.2, 0) is 10.0 Å². The van der Waals surface area contributed by atoms with Gasteiger partial charge in [0.15, 0.2) is 0 Å². The van der Waals surface area contributed by atoms with E-state index < -0.39 is 10.0 Å². The third-order valence-corrected chi connectivity index (χ3v) is 3.52. The standard InChI is InChI=1S/C12H19N3O3S/c1-4-19(17,18)15-11-7-5-10(6-8-11)14-12(16)13-9(2)3/h5-9,15H,4H2,1-3H3,(H2,13,14,16). The predicted molar refractivity (Wildman–Crippen MR) is 76.8 cm³/mol. The Morgan fingerprint density at radius 1 is 1.16 bits per heavy atom. The molecule has 2 amide bonds. The highest BCUT2D eigenvalue weighted by Crippen LogP contribution is 2.14. The molecule has 6 nitrogen and oxygen atoms in total. The zero-order valence-electron chi connectivity index (χ0n) is 11.2. The second kappa shape index (κ2) is 6.42. The van der Waals surface area contributed by atoms with Gasteiger partial charge in [0.25, 0.3) is 0 Å². The van der Waals surface area contributed by atoms with Gasteiger partial charge in [-0.15, -0.1) is 0 Å². The summed E-state index contributed by atoms with van der Waals surface area (Å²) in [6.07, 6.45) is 0. The van der Waals surface area contributed by atoms with Gasteiger partial charge in [-0.3, -0.25) is 4.72 Å². The Labute approximate surface area is 113 Å². The van der Waals surface area contributed by atoms with Crippen molar-refractivity contribution in [3.63, 3.8) is 0 Å². The summed E-state index contributed by atoms with van der Waals surface area (Å²) in [5.74, 6) is 0.0177. The van der Waals surface area contributed by atoms with E-state index in [4.69, 9.17) is 0 Å². The molecule has 0 saturated carbocycles. The highest BCUT2D eigenvalue weighted by molar-refractivity contribution is 7.92. The van der Waals surface area contributed by atoms with Crippen molar-refractivity contribution in [1.82, 2.24) is 5.32 Å². The van der Waals surface area contributed by atoms with Crippen molar-refractivity contribution in [2.24, 2.45) is 0 Å². The number of amides is 2. The molecule has 0 aliphatic carbocycles.